The van der Waals surface area contributed by atoms with Crippen LogP contribution in [0.5, 0.6) is 0 Å². The Morgan fingerprint density at radius 3 is 3.11 bits per heavy atom. The molecule has 2 heterocycles. The molecule has 0 bridgehead atoms. The van der Waals surface area contributed by atoms with Gasteiger partial charge in [0.2, 0.25) is 0 Å². The van der Waals surface area contributed by atoms with E-state index in [0.717, 1.165) is 36.2 Å². The second-order valence-corrected chi connectivity index (χ2v) is 5.23. The molecule has 1 aliphatic rings. The van der Waals surface area contributed by atoms with E-state index in [1.807, 2.05) is 31.3 Å². The van der Waals surface area contributed by atoms with Crippen LogP contribution in [-0.2, 0) is 0 Å². The summed E-state index contributed by atoms with van der Waals surface area (Å²) in [7, 11) is 1.99. The minimum absolute atomic E-state index is 0.00478. The summed E-state index contributed by atoms with van der Waals surface area (Å²) < 4.78 is 0. The maximum absolute atomic E-state index is 12.1. The number of hydrogen-bond donors (Lipinski definition) is 2. The molecule has 3 rings (SSSR count). The van der Waals surface area contributed by atoms with Crippen LogP contribution in [0, 0.1) is 5.92 Å². The van der Waals surface area contributed by atoms with Gasteiger partial charge >= 0.3 is 0 Å². The molecule has 2 N–H and O–H groups in total. The van der Waals surface area contributed by atoms with Crippen molar-refractivity contribution in [3.63, 3.8) is 0 Å². The summed E-state index contributed by atoms with van der Waals surface area (Å²) in [5.41, 5.74) is 0.00478. The summed E-state index contributed by atoms with van der Waals surface area (Å²) in [5, 5.41) is 5.00. The normalized spacial score (nSPS) is 19.2. The number of fused-ring (bicyclic) bond motifs is 1. The van der Waals surface area contributed by atoms with Crippen molar-refractivity contribution in [3.8, 4) is 0 Å². The van der Waals surface area contributed by atoms with Gasteiger partial charge in [0, 0.05) is 18.5 Å². The highest BCUT2D eigenvalue weighted by Crippen LogP contribution is 2.23. The number of nitrogens with one attached hydrogen (secondary N) is 2. The maximum atomic E-state index is 12.1. The SMILES string of the molecule is CNCC1CCN(c2cc3ccccc3c(=O)[nH]2)C1. The Kier molecular flexibility index (Phi) is 3.25. The van der Waals surface area contributed by atoms with Crippen LogP contribution >= 0.6 is 0 Å². The predicted molar refractivity (Wildman–Crippen MR) is 78.8 cm³/mol. The van der Waals surface area contributed by atoms with Crippen LogP contribution in [0.15, 0.2) is 35.1 Å². The molecule has 1 aliphatic heterocycles. The van der Waals surface area contributed by atoms with Crippen molar-refractivity contribution in [2.24, 2.45) is 5.92 Å². The van der Waals surface area contributed by atoms with Crippen LogP contribution in [0.3, 0.4) is 0 Å². The number of rotatable bonds is 3. The summed E-state index contributed by atoms with van der Waals surface area (Å²) in [6.07, 6.45) is 1.18. The zero-order valence-corrected chi connectivity index (χ0v) is 11.1. The smallest absolute Gasteiger partial charge is 0.257 e. The van der Waals surface area contributed by atoms with E-state index in [1.54, 1.807) is 0 Å². The first kappa shape index (κ1) is 12.2. The molecule has 100 valence electrons. The van der Waals surface area contributed by atoms with Crippen molar-refractivity contribution in [2.75, 3.05) is 31.6 Å². The number of aromatic amines is 1. The molecular formula is C15H19N3O. The zero-order valence-electron chi connectivity index (χ0n) is 11.1. The minimum Gasteiger partial charge on any atom is -0.358 e. The second kappa shape index (κ2) is 5.05. The summed E-state index contributed by atoms with van der Waals surface area (Å²) in [5.74, 6) is 1.61. The monoisotopic (exact) mass is 257 g/mol. The van der Waals surface area contributed by atoms with Crippen LogP contribution in [0.25, 0.3) is 10.8 Å². The molecule has 0 radical (unpaired) electrons. The van der Waals surface area contributed by atoms with Gasteiger partial charge in [0.15, 0.2) is 0 Å². The van der Waals surface area contributed by atoms with Gasteiger partial charge in [0.05, 0.1) is 0 Å². The fraction of sp³-hybridized carbons (Fsp3) is 0.400. The van der Waals surface area contributed by atoms with E-state index in [4.69, 9.17) is 0 Å². The molecule has 1 saturated heterocycles. The number of pyridine rings is 1. The third-order valence-electron chi connectivity index (χ3n) is 3.86. The molecule has 4 nitrogen and oxygen atoms in total. The number of aromatic nitrogens is 1. The van der Waals surface area contributed by atoms with Crippen molar-refractivity contribution in [1.29, 1.82) is 0 Å². The Bertz CT molecular complexity index is 635. The topological polar surface area (TPSA) is 48.1 Å². The van der Waals surface area contributed by atoms with E-state index in [2.05, 4.69) is 21.3 Å². The lowest BCUT2D eigenvalue weighted by Crippen LogP contribution is -2.26. The molecule has 1 aromatic carbocycles. The highest BCUT2D eigenvalue weighted by atomic mass is 16.1. The average Bonchev–Trinajstić information content (AvgIpc) is 2.88. The van der Waals surface area contributed by atoms with Crippen LogP contribution in [0.1, 0.15) is 6.42 Å². The van der Waals surface area contributed by atoms with Gasteiger partial charge in [-0.15, -0.1) is 0 Å². The van der Waals surface area contributed by atoms with Crippen molar-refractivity contribution < 1.29 is 0 Å². The van der Waals surface area contributed by atoms with E-state index in [0.29, 0.717) is 5.92 Å². The molecule has 19 heavy (non-hydrogen) atoms. The molecule has 0 amide bonds. The van der Waals surface area contributed by atoms with Gasteiger partial charge in [-0.25, -0.2) is 0 Å². The fourth-order valence-electron chi connectivity index (χ4n) is 2.87. The van der Waals surface area contributed by atoms with Gasteiger partial charge in [0.25, 0.3) is 5.56 Å². The number of nitrogens with zero attached hydrogens (tertiary/aromatic N) is 1. The average molecular weight is 257 g/mol. The summed E-state index contributed by atoms with van der Waals surface area (Å²) >= 11 is 0. The lowest BCUT2D eigenvalue weighted by atomic mass is 10.1. The number of anilines is 1. The largest absolute Gasteiger partial charge is 0.358 e. The highest BCUT2D eigenvalue weighted by Gasteiger charge is 2.22. The van der Waals surface area contributed by atoms with Crippen molar-refractivity contribution in [3.05, 3.63) is 40.7 Å². The van der Waals surface area contributed by atoms with E-state index in [1.165, 1.54) is 6.42 Å². The maximum Gasteiger partial charge on any atom is 0.257 e. The van der Waals surface area contributed by atoms with Crippen LogP contribution in [-0.4, -0.2) is 31.7 Å². The first-order valence-corrected chi connectivity index (χ1v) is 6.79. The summed E-state index contributed by atoms with van der Waals surface area (Å²) in [4.78, 5) is 17.3. The quantitative estimate of drug-likeness (QED) is 0.877. The lowest BCUT2D eigenvalue weighted by Gasteiger charge is -2.18. The van der Waals surface area contributed by atoms with Gasteiger partial charge in [0.1, 0.15) is 5.82 Å². The first-order valence-electron chi connectivity index (χ1n) is 6.79. The standard InChI is InChI=1S/C15H19N3O/c1-16-9-11-6-7-18(10-11)14-8-12-4-2-3-5-13(12)15(19)17-14/h2-5,8,11,16H,6-7,9-10H2,1H3,(H,17,19). The van der Waals surface area contributed by atoms with Crippen LogP contribution in [0.4, 0.5) is 5.82 Å². The Balaban J connectivity index is 1.92. The summed E-state index contributed by atoms with van der Waals surface area (Å²) in [6.45, 7) is 3.06. The second-order valence-electron chi connectivity index (χ2n) is 5.23. The van der Waals surface area contributed by atoms with E-state index in [-0.39, 0.29) is 5.56 Å². The molecule has 1 fully saturated rings. The number of benzene rings is 1. The van der Waals surface area contributed by atoms with Crippen LogP contribution < -0.4 is 15.8 Å². The van der Waals surface area contributed by atoms with Gasteiger partial charge < -0.3 is 15.2 Å². The Hall–Kier alpha value is -1.81. The fourth-order valence-corrected chi connectivity index (χ4v) is 2.87. The summed E-state index contributed by atoms with van der Waals surface area (Å²) in [6, 6.07) is 9.81. The third-order valence-corrected chi connectivity index (χ3v) is 3.86. The molecule has 1 unspecified atom stereocenters. The molecular weight excluding hydrogens is 238 g/mol. The molecule has 1 atom stereocenters. The van der Waals surface area contributed by atoms with E-state index >= 15 is 0 Å². The minimum atomic E-state index is 0.00478. The predicted octanol–water partition coefficient (Wildman–Crippen LogP) is 1.57. The van der Waals surface area contributed by atoms with Crippen molar-refractivity contribution in [2.45, 2.75) is 6.42 Å². The number of hydrogen-bond acceptors (Lipinski definition) is 3. The van der Waals surface area contributed by atoms with E-state index < -0.39 is 0 Å². The van der Waals surface area contributed by atoms with Crippen LogP contribution in [0.2, 0.25) is 0 Å². The molecule has 0 spiro atoms. The Labute approximate surface area is 112 Å². The van der Waals surface area contributed by atoms with Gasteiger partial charge in [-0.1, -0.05) is 18.2 Å². The first-order chi connectivity index (χ1) is 9.28. The van der Waals surface area contributed by atoms with Gasteiger partial charge in [-0.2, -0.15) is 0 Å². The molecule has 2 aromatic rings. The van der Waals surface area contributed by atoms with E-state index in [9.17, 15) is 4.79 Å². The Morgan fingerprint density at radius 2 is 2.26 bits per heavy atom. The van der Waals surface area contributed by atoms with Gasteiger partial charge in [-0.3, -0.25) is 4.79 Å². The molecule has 1 aromatic heterocycles. The Morgan fingerprint density at radius 1 is 1.42 bits per heavy atom. The van der Waals surface area contributed by atoms with Crippen molar-refractivity contribution in [1.82, 2.24) is 10.3 Å². The molecule has 0 aliphatic carbocycles. The van der Waals surface area contributed by atoms with Gasteiger partial charge in [-0.05, 0) is 43.5 Å². The van der Waals surface area contributed by atoms with Crippen molar-refractivity contribution >= 4 is 16.6 Å². The molecule has 0 saturated carbocycles. The zero-order chi connectivity index (χ0) is 13.2. The highest BCUT2D eigenvalue weighted by molar-refractivity contribution is 5.83. The molecule has 4 heteroatoms. The third kappa shape index (κ3) is 2.36. The number of H-pyrrole nitrogens is 1. The lowest BCUT2D eigenvalue weighted by molar-refractivity contribution is 0.549.